The fraction of sp³-hybridized carbons (Fsp3) is 0.333. The normalized spacial score (nSPS) is 20.3. The van der Waals surface area contributed by atoms with E-state index in [2.05, 4.69) is 21.4 Å². The van der Waals surface area contributed by atoms with E-state index in [1.165, 1.54) is 12.2 Å². The third-order valence-electron chi connectivity index (χ3n) is 2.93. The number of hydrogen-bond acceptors (Lipinski definition) is 4. The van der Waals surface area contributed by atoms with Gasteiger partial charge in [0, 0.05) is 11.1 Å². The molecule has 0 saturated carbocycles. The van der Waals surface area contributed by atoms with Crippen molar-refractivity contribution in [3.05, 3.63) is 60.0 Å². The maximum absolute atomic E-state index is 13.3. The summed E-state index contributed by atoms with van der Waals surface area (Å²) < 4.78 is 23.6. The zero-order chi connectivity index (χ0) is 21.3. The third-order valence-corrected chi connectivity index (χ3v) is 4.26. The Morgan fingerprint density at radius 3 is 1.96 bits per heavy atom. The summed E-state index contributed by atoms with van der Waals surface area (Å²) in [4.78, 5) is 21.0. The van der Waals surface area contributed by atoms with Gasteiger partial charge in [0.15, 0.2) is 0 Å². The van der Waals surface area contributed by atoms with Crippen molar-refractivity contribution in [2.45, 2.75) is 30.9 Å². The van der Waals surface area contributed by atoms with Crippen LogP contribution in [0.2, 0.25) is 0 Å². The standard InChI is InChI=1S/C7H4BrClF2O.C7H5ClO.C4H12N2.ClH/c8-7(11)4(6(9)12)2-1-3-5(7)10;8-7(9)6-4-2-1-3-5-6;1-4(2,3)6-5;/h1-4H;1-5H;6H,5H2,1-3H3;1H. The Morgan fingerprint density at radius 1 is 1.21 bits per heavy atom. The number of alkyl halides is 2. The van der Waals surface area contributed by atoms with Crippen molar-refractivity contribution in [2.24, 2.45) is 11.8 Å². The van der Waals surface area contributed by atoms with E-state index in [9.17, 15) is 18.4 Å². The quantitative estimate of drug-likeness (QED) is 0.230. The molecule has 0 amide bonds. The minimum Gasteiger partial charge on any atom is -0.280 e. The maximum Gasteiger partial charge on any atom is 0.252 e. The van der Waals surface area contributed by atoms with Crippen molar-refractivity contribution in [1.29, 1.82) is 0 Å². The molecule has 2 unspecified atom stereocenters. The summed E-state index contributed by atoms with van der Waals surface area (Å²) in [5, 5.41) is -1.34. The topological polar surface area (TPSA) is 72.2 Å². The van der Waals surface area contributed by atoms with Crippen LogP contribution in [0, 0.1) is 5.92 Å². The number of carbonyl (C=O) groups excluding carboxylic acids is 2. The van der Waals surface area contributed by atoms with Crippen molar-refractivity contribution >= 4 is 62.0 Å². The van der Waals surface area contributed by atoms with Crippen LogP contribution in [0.25, 0.3) is 0 Å². The second-order valence-corrected chi connectivity index (χ2v) is 8.21. The minimum absolute atomic E-state index is 0. The first-order chi connectivity index (χ1) is 12.3. The summed E-state index contributed by atoms with van der Waals surface area (Å²) in [6.07, 6.45) is 3.39. The molecule has 3 N–H and O–H groups in total. The molecule has 0 aromatic heterocycles. The Labute approximate surface area is 188 Å². The van der Waals surface area contributed by atoms with Gasteiger partial charge in [-0.2, -0.15) is 0 Å². The first kappa shape index (κ1) is 29.4. The molecule has 0 bridgehead atoms. The zero-order valence-corrected chi connectivity index (χ0v) is 19.3. The molecule has 0 spiro atoms. The predicted octanol–water partition coefficient (Wildman–Crippen LogP) is 5.59. The van der Waals surface area contributed by atoms with E-state index in [0.29, 0.717) is 5.56 Å². The highest BCUT2D eigenvalue weighted by atomic mass is 79.9. The Bertz CT molecular complexity index is 694. The van der Waals surface area contributed by atoms with E-state index in [1.54, 1.807) is 24.3 Å². The molecule has 28 heavy (non-hydrogen) atoms. The Kier molecular flexibility index (Phi) is 14.1. The van der Waals surface area contributed by atoms with E-state index in [-0.39, 0.29) is 17.9 Å². The van der Waals surface area contributed by atoms with E-state index in [0.717, 1.165) is 6.08 Å². The molecule has 0 radical (unpaired) electrons. The van der Waals surface area contributed by atoms with Gasteiger partial charge in [0.25, 0.3) is 5.24 Å². The molecule has 2 atom stereocenters. The molecule has 4 nitrogen and oxygen atoms in total. The van der Waals surface area contributed by atoms with Crippen LogP contribution in [-0.4, -0.2) is 20.6 Å². The van der Waals surface area contributed by atoms with Gasteiger partial charge in [0.1, 0.15) is 11.7 Å². The van der Waals surface area contributed by atoms with Crippen LogP contribution in [0.5, 0.6) is 0 Å². The number of nitrogens with one attached hydrogen (secondary N) is 1. The van der Waals surface area contributed by atoms with Gasteiger partial charge in [-0.25, -0.2) is 8.78 Å². The monoisotopic (exact) mass is 520 g/mol. The summed E-state index contributed by atoms with van der Waals surface area (Å²) in [5.74, 6) is 2.70. The van der Waals surface area contributed by atoms with Crippen LogP contribution in [0.1, 0.15) is 31.1 Å². The summed E-state index contributed by atoms with van der Waals surface area (Å²) >= 11 is 12.7. The second-order valence-electron chi connectivity index (χ2n) is 6.34. The lowest BCUT2D eigenvalue weighted by molar-refractivity contribution is -0.115. The fourth-order valence-electron chi connectivity index (χ4n) is 1.42. The molecule has 1 aliphatic rings. The number of nitrogens with two attached hydrogens (primary N) is 1. The van der Waals surface area contributed by atoms with E-state index in [4.69, 9.17) is 29.0 Å². The average molecular weight is 523 g/mol. The number of benzene rings is 1. The molecule has 10 heteroatoms. The molecule has 0 heterocycles. The number of hydrazine groups is 1. The van der Waals surface area contributed by atoms with Crippen LogP contribution < -0.4 is 11.3 Å². The van der Waals surface area contributed by atoms with Crippen LogP contribution in [0.15, 0.2) is 54.4 Å². The minimum atomic E-state index is -2.49. The number of rotatable bonds is 2. The second kappa shape index (κ2) is 13.4. The Morgan fingerprint density at radius 2 is 1.68 bits per heavy atom. The van der Waals surface area contributed by atoms with Crippen LogP contribution >= 0.6 is 51.5 Å². The maximum atomic E-state index is 13.3. The van der Waals surface area contributed by atoms with Gasteiger partial charge in [0.2, 0.25) is 9.82 Å². The lowest BCUT2D eigenvalue weighted by Crippen LogP contribution is -2.41. The van der Waals surface area contributed by atoms with Gasteiger partial charge in [-0.3, -0.25) is 20.9 Å². The van der Waals surface area contributed by atoms with Crippen molar-refractivity contribution in [2.75, 3.05) is 0 Å². The lowest BCUT2D eigenvalue weighted by atomic mass is 9.99. The average Bonchev–Trinajstić information content (AvgIpc) is 2.58. The van der Waals surface area contributed by atoms with Crippen molar-refractivity contribution in [3.8, 4) is 0 Å². The summed E-state index contributed by atoms with van der Waals surface area (Å²) in [6.45, 7) is 6.02. The van der Waals surface area contributed by atoms with Crippen molar-refractivity contribution < 1.29 is 18.4 Å². The third kappa shape index (κ3) is 11.2. The van der Waals surface area contributed by atoms with E-state index in [1.807, 2.05) is 26.8 Å². The van der Waals surface area contributed by atoms with Gasteiger partial charge < -0.3 is 0 Å². The van der Waals surface area contributed by atoms with Crippen molar-refractivity contribution in [3.63, 3.8) is 0 Å². The van der Waals surface area contributed by atoms with Gasteiger partial charge >= 0.3 is 0 Å². The molecule has 0 saturated heterocycles. The molecule has 0 aliphatic heterocycles. The molecular weight excluding hydrogens is 500 g/mol. The molecule has 0 fully saturated rings. The highest BCUT2D eigenvalue weighted by molar-refractivity contribution is 9.10. The van der Waals surface area contributed by atoms with Crippen LogP contribution in [-0.2, 0) is 4.79 Å². The van der Waals surface area contributed by atoms with E-state index >= 15 is 0 Å². The van der Waals surface area contributed by atoms with Crippen LogP contribution in [0.4, 0.5) is 8.78 Å². The first-order valence-electron chi connectivity index (χ1n) is 7.67. The predicted molar refractivity (Wildman–Crippen MR) is 116 cm³/mol. The number of carbonyl (C=O) groups is 2. The zero-order valence-electron chi connectivity index (χ0n) is 15.4. The van der Waals surface area contributed by atoms with Gasteiger partial charge in [0.05, 0.1) is 0 Å². The summed E-state index contributed by atoms with van der Waals surface area (Å²) in [5.41, 5.74) is 3.21. The number of halogens is 6. The molecule has 2 rings (SSSR count). The Balaban J connectivity index is 0. The fourth-order valence-corrected chi connectivity index (χ4v) is 2.39. The Hall–Kier alpha value is -0.830. The van der Waals surface area contributed by atoms with Crippen molar-refractivity contribution in [1.82, 2.24) is 5.43 Å². The SMILES string of the molecule is CC(C)(C)NN.Cl.O=C(Cl)C1C=CC=C(F)C1(F)Br.O=C(Cl)c1ccccc1. The van der Waals surface area contributed by atoms with E-state index < -0.39 is 26.8 Å². The summed E-state index contributed by atoms with van der Waals surface area (Å²) in [6, 6.07) is 8.74. The molecule has 1 aromatic carbocycles. The van der Waals surface area contributed by atoms with Gasteiger partial charge in [-0.1, -0.05) is 42.5 Å². The molecular formula is C18H22BrCl3F2N2O2. The van der Waals surface area contributed by atoms with Gasteiger partial charge in [-0.15, -0.1) is 12.4 Å². The molecule has 1 aromatic rings. The molecule has 1 aliphatic carbocycles. The van der Waals surface area contributed by atoms with Crippen LogP contribution in [0.3, 0.4) is 0 Å². The smallest absolute Gasteiger partial charge is 0.252 e. The first-order valence-corrected chi connectivity index (χ1v) is 9.22. The molecule has 158 valence electrons. The highest BCUT2D eigenvalue weighted by Crippen LogP contribution is 2.42. The number of hydrogen-bond donors (Lipinski definition) is 2. The lowest BCUT2D eigenvalue weighted by Gasteiger charge is -2.23. The highest BCUT2D eigenvalue weighted by Gasteiger charge is 2.44. The number of allylic oxidation sites excluding steroid dienone is 4. The largest absolute Gasteiger partial charge is 0.280 e. The summed E-state index contributed by atoms with van der Waals surface area (Å²) in [7, 11) is 0. The van der Waals surface area contributed by atoms with Gasteiger partial charge in [-0.05, 0) is 66.0 Å².